The van der Waals surface area contributed by atoms with Crippen LogP contribution in [0.5, 0.6) is 0 Å². The number of aromatic nitrogens is 1. The van der Waals surface area contributed by atoms with Gasteiger partial charge in [0.05, 0.1) is 0 Å². The van der Waals surface area contributed by atoms with Crippen molar-refractivity contribution in [1.82, 2.24) is 41.4 Å². The summed E-state index contributed by atoms with van der Waals surface area (Å²) >= 11 is 0. The fourth-order valence-corrected chi connectivity index (χ4v) is 8.99. The van der Waals surface area contributed by atoms with Gasteiger partial charge in [-0.3, -0.25) is 48.3 Å². The van der Waals surface area contributed by atoms with Crippen LogP contribution in [-0.2, 0) is 49.6 Å². The minimum atomic E-state index is -1.28. The van der Waals surface area contributed by atoms with Crippen LogP contribution in [0.1, 0.15) is 104 Å². The number of likely N-dealkylation sites (tertiary alicyclic amines) is 2. The number of aliphatic imine (C=N–C) groups is 2. The smallest absolute Gasteiger partial charge is 0.326 e. The van der Waals surface area contributed by atoms with Crippen molar-refractivity contribution in [3.05, 3.63) is 36.0 Å². The number of nitrogens with two attached hydrogens (primary N) is 5. The first-order chi connectivity index (χ1) is 34.6. The van der Waals surface area contributed by atoms with Crippen molar-refractivity contribution < 1.29 is 48.3 Å². The summed E-state index contributed by atoms with van der Waals surface area (Å²) < 4.78 is 0. The molecule has 0 aliphatic carbocycles. The molecule has 3 heterocycles. The number of fused-ring (bicyclic) bond motifs is 1. The fraction of sp³-hybridized carbons (Fsp3) is 0.604. The predicted octanol–water partition coefficient (Wildman–Crippen LogP) is -1.72. The van der Waals surface area contributed by atoms with E-state index in [9.17, 15) is 48.3 Å². The van der Waals surface area contributed by atoms with Crippen LogP contribution in [0.25, 0.3) is 10.9 Å². The fourth-order valence-electron chi connectivity index (χ4n) is 8.99. The highest BCUT2D eigenvalue weighted by Gasteiger charge is 2.44. The Hall–Kier alpha value is -7.47. The van der Waals surface area contributed by atoms with E-state index in [0.29, 0.717) is 25.7 Å². The third-order valence-electron chi connectivity index (χ3n) is 13.3. The minimum absolute atomic E-state index is 0.00488. The maximum Gasteiger partial charge on any atom is 0.326 e. The highest BCUT2D eigenvalue weighted by Crippen LogP contribution is 2.27. The first-order valence-electron chi connectivity index (χ1n) is 24.9. The molecule has 2 aromatic rings. The van der Waals surface area contributed by atoms with E-state index >= 15 is 0 Å². The van der Waals surface area contributed by atoms with E-state index in [4.69, 9.17) is 28.7 Å². The Kier molecular flexibility index (Phi) is 22.2. The Labute approximate surface area is 424 Å². The topological polar surface area (TPSA) is 411 Å². The second kappa shape index (κ2) is 28.0. The first-order valence-corrected chi connectivity index (χ1v) is 24.9. The largest absolute Gasteiger partial charge is 0.480 e. The number of carbonyl (C=O) groups is 9. The lowest BCUT2D eigenvalue weighted by molar-refractivity contribution is -0.148. The molecule has 0 radical (unpaired) electrons. The molecular formula is C48H75N15O10. The number of primary amides is 1. The van der Waals surface area contributed by atoms with Crippen molar-refractivity contribution in [2.45, 2.75) is 147 Å². The van der Waals surface area contributed by atoms with Crippen molar-refractivity contribution in [2.75, 3.05) is 26.2 Å². The molecule has 0 bridgehead atoms. The second-order valence-corrected chi connectivity index (χ2v) is 18.9. The van der Waals surface area contributed by atoms with Gasteiger partial charge in [0.1, 0.15) is 42.3 Å². The Morgan fingerprint density at radius 1 is 0.712 bits per heavy atom. The molecule has 402 valence electrons. The third kappa shape index (κ3) is 17.1. The highest BCUT2D eigenvalue weighted by molar-refractivity contribution is 5.98. The maximum absolute atomic E-state index is 14.4. The number of H-pyrrole nitrogens is 1. The van der Waals surface area contributed by atoms with Gasteiger partial charge in [0.15, 0.2) is 11.9 Å². The van der Waals surface area contributed by atoms with Crippen LogP contribution in [-0.4, -0.2) is 154 Å². The molecule has 8 amide bonds. The summed E-state index contributed by atoms with van der Waals surface area (Å²) in [4.78, 5) is 135. The molecule has 73 heavy (non-hydrogen) atoms. The van der Waals surface area contributed by atoms with Crippen LogP contribution in [0.2, 0.25) is 0 Å². The molecule has 1 aromatic carbocycles. The van der Waals surface area contributed by atoms with Gasteiger partial charge < -0.3 is 75.1 Å². The van der Waals surface area contributed by atoms with E-state index in [1.165, 1.54) is 16.7 Å². The molecule has 17 N–H and O–H groups in total. The van der Waals surface area contributed by atoms with Crippen molar-refractivity contribution in [1.29, 1.82) is 0 Å². The summed E-state index contributed by atoms with van der Waals surface area (Å²) in [5, 5.41) is 24.0. The first kappa shape index (κ1) is 58.1. The second-order valence-electron chi connectivity index (χ2n) is 18.9. The van der Waals surface area contributed by atoms with Crippen molar-refractivity contribution in [3.8, 4) is 0 Å². The molecule has 2 aliphatic rings. The lowest BCUT2D eigenvalue weighted by Gasteiger charge is -2.33. The van der Waals surface area contributed by atoms with Gasteiger partial charge in [-0.15, -0.1) is 0 Å². The van der Waals surface area contributed by atoms with E-state index in [1.807, 2.05) is 30.5 Å². The average molecular weight is 1020 g/mol. The molecule has 9 unspecified atom stereocenters. The molecule has 9 atom stereocenters. The lowest BCUT2D eigenvalue weighted by atomic mass is 9.98. The number of carbonyl (C=O) groups excluding carboxylic acids is 8. The van der Waals surface area contributed by atoms with Crippen molar-refractivity contribution in [3.63, 3.8) is 0 Å². The SMILES string of the molecule is CCC(C)C(NC(=O)C(CCCN=C(N)N)NC(=O)C(C)NC(=O)C(CCCN=C(N)N)NC(=O)C1CCCN1C(=O)C1CCCN1C(=O)C(CCC(N)=O)NC(=O)C(C)Cc1c[nH]c2ccccc12)C(=O)O. The molecule has 4 rings (SSSR count). The molecule has 25 nitrogen and oxygen atoms in total. The zero-order valence-corrected chi connectivity index (χ0v) is 42.2. The number of carboxylic acid groups (broad SMARTS) is 1. The van der Waals surface area contributed by atoms with Crippen LogP contribution < -0.4 is 55.3 Å². The van der Waals surface area contributed by atoms with Crippen molar-refractivity contribution in [2.24, 2.45) is 50.5 Å². The highest BCUT2D eigenvalue weighted by atomic mass is 16.4. The standard InChI is InChI=1S/C48H75N15O10/c1-5-26(2)38(46(72)73)61-42(68)33(15-9-21-55-48(52)53)58-40(66)28(4)57-41(67)32(14-8-20-54-47(50)51)59-43(69)35-16-10-22-62(35)45(71)36-17-11-23-63(36)44(70)34(18-19-37(49)64)60-39(65)27(3)24-29-25-56-31-13-7-6-12-30(29)31/h6-7,12-13,25-28,32-36,38,56H,5,8-11,14-24H2,1-4H3,(H2,49,64)(H,57,67)(H,58,66)(H,59,69)(H,60,65)(H,61,68)(H,72,73)(H4,50,51,54)(H4,52,53,55). The molecule has 1 aromatic heterocycles. The molecule has 0 saturated carbocycles. The van der Waals surface area contributed by atoms with Crippen LogP contribution in [0, 0.1) is 11.8 Å². The minimum Gasteiger partial charge on any atom is -0.480 e. The quantitative estimate of drug-likeness (QED) is 0.0256. The molecular weight excluding hydrogens is 947 g/mol. The van der Waals surface area contributed by atoms with Gasteiger partial charge in [0, 0.05) is 55.6 Å². The van der Waals surface area contributed by atoms with Gasteiger partial charge in [-0.05, 0) is 88.7 Å². The number of amides is 8. The van der Waals surface area contributed by atoms with Gasteiger partial charge in [-0.25, -0.2) is 4.79 Å². The molecule has 2 saturated heterocycles. The summed E-state index contributed by atoms with van der Waals surface area (Å²) in [6.07, 6.45) is 4.17. The molecule has 2 fully saturated rings. The number of rotatable bonds is 28. The zero-order valence-electron chi connectivity index (χ0n) is 42.2. The summed E-state index contributed by atoms with van der Waals surface area (Å²) in [5.74, 6) is -7.79. The summed E-state index contributed by atoms with van der Waals surface area (Å²) in [7, 11) is 0. The van der Waals surface area contributed by atoms with Crippen LogP contribution in [0.15, 0.2) is 40.4 Å². The molecule has 0 spiro atoms. The number of carboxylic acids is 1. The zero-order chi connectivity index (χ0) is 53.9. The van der Waals surface area contributed by atoms with E-state index < -0.39 is 107 Å². The number of hydrogen-bond donors (Lipinski definition) is 12. The van der Waals surface area contributed by atoms with Crippen LogP contribution in [0.3, 0.4) is 0 Å². The van der Waals surface area contributed by atoms with E-state index in [1.54, 1.807) is 20.8 Å². The number of nitrogens with zero attached hydrogens (tertiary/aromatic N) is 4. The Bertz CT molecular complexity index is 2350. The molecule has 25 heteroatoms. The number of aliphatic carboxylic acids is 1. The third-order valence-corrected chi connectivity index (χ3v) is 13.3. The Balaban J connectivity index is 1.46. The van der Waals surface area contributed by atoms with Gasteiger partial charge in [0.2, 0.25) is 47.3 Å². The summed E-state index contributed by atoms with van der Waals surface area (Å²) in [6, 6.07) is -0.570. The Morgan fingerprint density at radius 3 is 1.89 bits per heavy atom. The van der Waals surface area contributed by atoms with E-state index in [0.717, 1.165) is 16.5 Å². The number of aromatic amines is 1. The normalized spacial score (nSPS) is 18.2. The number of hydrogen-bond acceptors (Lipinski definition) is 11. The number of guanidine groups is 2. The lowest BCUT2D eigenvalue weighted by Crippen LogP contribution is -2.59. The van der Waals surface area contributed by atoms with E-state index in [-0.39, 0.29) is 89.5 Å². The van der Waals surface area contributed by atoms with Crippen molar-refractivity contribution >= 4 is 76.0 Å². The molecule has 2 aliphatic heterocycles. The number of benzene rings is 1. The summed E-state index contributed by atoms with van der Waals surface area (Å²) in [5.41, 5.74) is 29.2. The average Bonchev–Trinajstić information content (AvgIpc) is 4.14. The van der Waals surface area contributed by atoms with Gasteiger partial charge in [-0.1, -0.05) is 45.4 Å². The van der Waals surface area contributed by atoms with Gasteiger partial charge in [-0.2, -0.15) is 0 Å². The monoisotopic (exact) mass is 1020 g/mol. The Morgan fingerprint density at radius 2 is 1.29 bits per heavy atom. The van der Waals surface area contributed by atoms with Crippen LogP contribution in [0.4, 0.5) is 0 Å². The number of para-hydroxylation sites is 1. The number of nitrogens with one attached hydrogen (secondary N) is 6. The van der Waals surface area contributed by atoms with Crippen LogP contribution >= 0.6 is 0 Å². The summed E-state index contributed by atoms with van der Waals surface area (Å²) in [6.45, 7) is 7.08. The van der Waals surface area contributed by atoms with Gasteiger partial charge >= 0.3 is 5.97 Å². The predicted molar refractivity (Wildman–Crippen MR) is 271 cm³/mol. The van der Waals surface area contributed by atoms with Gasteiger partial charge in [0.25, 0.3) is 0 Å². The van der Waals surface area contributed by atoms with E-state index in [2.05, 4.69) is 41.6 Å². The maximum atomic E-state index is 14.4.